The summed E-state index contributed by atoms with van der Waals surface area (Å²) in [6.07, 6.45) is 0.590. The van der Waals surface area contributed by atoms with E-state index in [1.807, 2.05) is 34.6 Å². The maximum atomic E-state index is 13.9. The molecular formula is C26H43N3O5. The van der Waals surface area contributed by atoms with Gasteiger partial charge < -0.3 is 25.4 Å². The van der Waals surface area contributed by atoms with Crippen molar-refractivity contribution in [1.82, 2.24) is 15.5 Å². The quantitative estimate of drug-likeness (QED) is 0.462. The van der Waals surface area contributed by atoms with E-state index in [1.54, 1.807) is 39.8 Å². The SMILES string of the molecule is CCCN(C(=O)C(NC(=O)OC(C)(C)C)C(C)CC)C(C(=O)NC(C)C)c1ccc(O)c(C)c1. The fraction of sp³-hybridized carbons (Fsp3) is 0.654. The molecule has 8 nitrogen and oxygen atoms in total. The van der Waals surface area contributed by atoms with Crippen LogP contribution in [0.1, 0.15) is 85.4 Å². The van der Waals surface area contributed by atoms with Crippen LogP contribution in [-0.2, 0) is 14.3 Å². The largest absolute Gasteiger partial charge is 0.508 e. The minimum Gasteiger partial charge on any atom is -0.508 e. The molecule has 1 aromatic rings. The number of nitrogens with zero attached hydrogens (tertiary/aromatic N) is 1. The van der Waals surface area contributed by atoms with E-state index < -0.39 is 23.8 Å². The second kappa shape index (κ2) is 12.6. The second-order valence-electron chi connectivity index (χ2n) is 10.2. The van der Waals surface area contributed by atoms with Crippen LogP contribution >= 0.6 is 0 Å². The lowest BCUT2D eigenvalue weighted by atomic mass is 9.95. The van der Waals surface area contributed by atoms with E-state index in [0.717, 1.165) is 0 Å². The molecule has 1 aromatic carbocycles. The van der Waals surface area contributed by atoms with E-state index in [1.165, 1.54) is 11.0 Å². The Bertz CT molecular complexity index is 847. The fourth-order valence-corrected chi connectivity index (χ4v) is 3.59. The van der Waals surface area contributed by atoms with Gasteiger partial charge in [-0.2, -0.15) is 0 Å². The smallest absolute Gasteiger partial charge is 0.408 e. The molecule has 192 valence electrons. The van der Waals surface area contributed by atoms with Gasteiger partial charge in [0.1, 0.15) is 23.4 Å². The average molecular weight is 478 g/mol. The highest BCUT2D eigenvalue weighted by Crippen LogP contribution is 2.28. The van der Waals surface area contributed by atoms with Gasteiger partial charge in [0.15, 0.2) is 0 Å². The number of rotatable bonds is 10. The van der Waals surface area contributed by atoms with E-state index in [2.05, 4.69) is 10.6 Å². The van der Waals surface area contributed by atoms with Gasteiger partial charge in [-0.25, -0.2) is 4.79 Å². The maximum absolute atomic E-state index is 13.9. The van der Waals surface area contributed by atoms with Gasteiger partial charge in [0.25, 0.3) is 0 Å². The number of carbonyl (C=O) groups is 3. The predicted octanol–water partition coefficient (Wildman–Crippen LogP) is 4.44. The molecule has 3 unspecified atom stereocenters. The van der Waals surface area contributed by atoms with Crippen LogP contribution in [0.15, 0.2) is 18.2 Å². The Morgan fingerprint density at radius 2 is 1.71 bits per heavy atom. The normalized spacial score (nSPS) is 14.2. The van der Waals surface area contributed by atoms with Crippen LogP contribution in [0.2, 0.25) is 0 Å². The van der Waals surface area contributed by atoms with Crippen molar-refractivity contribution >= 4 is 17.9 Å². The summed E-state index contributed by atoms with van der Waals surface area (Å²) in [6, 6.07) is 3.00. The highest BCUT2D eigenvalue weighted by atomic mass is 16.6. The molecule has 3 N–H and O–H groups in total. The zero-order valence-electron chi connectivity index (χ0n) is 22.2. The molecule has 0 spiro atoms. The van der Waals surface area contributed by atoms with Crippen molar-refractivity contribution in [3.05, 3.63) is 29.3 Å². The molecule has 0 aromatic heterocycles. The van der Waals surface area contributed by atoms with E-state index >= 15 is 0 Å². The molecule has 8 heteroatoms. The zero-order valence-corrected chi connectivity index (χ0v) is 22.2. The standard InChI is InChI=1S/C26H43N3O5/c1-10-14-29(24(32)21(17(5)11-2)28-25(33)34-26(7,8)9)22(23(31)27-16(3)4)19-12-13-20(30)18(6)15-19/h12-13,15-17,21-22,30H,10-11,14H2,1-9H3,(H,27,31)(H,28,33). The Morgan fingerprint density at radius 1 is 1.09 bits per heavy atom. The first-order valence-corrected chi connectivity index (χ1v) is 12.1. The number of amides is 3. The molecule has 0 aliphatic carbocycles. The van der Waals surface area contributed by atoms with Crippen molar-refractivity contribution in [2.45, 2.75) is 98.9 Å². The summed E-state index contributed by atoms with van der Waals surface area (Å²) in [7, 11) is 0. The van der Waals surface area contributed by atoms with Crippen molar-refractivity contribution in [3.8, 4) is 5.75 Å². The topological polar surface area (TPSA) is 108 Å². The fourth-order valence-electron chi connectivity index (χ4n) is 3.59. The summed E-state index contributed by atoms with van der Waals surface area (Å²) in [5.74, 6) is -0.738. The molecule has 0 radical (unpaired) electrons. The van der Waals surface area contributed by atoms with Crippen LogP contribution in [0.25, 0.3) is 0 Å². The third kappa shape index (κ3) is 8.54. The van der Waals surface area contributed by atoms with Crippen LogP contribution in [0, 0.1) is 12.8 Å². The van der Waals surface area contributed by atoms with Gasteiger partial charge in [-0.05, 0) is 77.1 Å². The molecule has 3 atom stereocenters. The van der Waals surface area contributed by atoms with Gasteiger partial charge in [-0.15, -0.1) is 0 Å². The molecule has 34 heavy (non-hydrogen) atoms. The summed E-state index contributed by atoms with van der Waals surface area (Å²) >= 11 is 0. The number of alkyl carbamates (subject to hydrolysis) is 1. The van der Waals surface area contributed by atoms with Gasteiger partial charge in [0, 0.05) is 12.6 Å². The van der Waals surface area contributed by atoms with Gasteiger partial charge in [-0.3, -0.25) is 9.59 Å². The van der Waals surface area contributed by atoms with Gasteiger partial charge in [-0.1, -0.05) is 33.3 Å². The lowest BCUT2D eigenvalue weighted by Gasteiger charge is -2.36. The number of aromatic hydroxyl groups is 1. The van der Waals surface area contributed by atoms with Crippen LogP contribution in [0.4, 0.5) is 4.79 Å². The van der Waals surface area contributed by atoms with Crippen LogP contribution in [-0.4, -0.2) is 52.1 Å². The number of aryl methyl sites for hydroxylation is 1. The first-order valence-electron chi connectivity index (χ1n) is 12.1. The number of hydrogen-bond donors (Lipinski definition) is 3. The maximum Gasteiger partial charge on any atom is 0.408 e. The highest BCUT2D eigenvalue weighted by molar-refractivity contribution is 5.92. The molecule has 0 aliphatic heterocycles. The number of phenols is 1. The molecular weight excluding hydrogens is 434 g/mol. The van der Waals surface area contributed by atoms with E-state index in [-0.39, 0.29) is 29.5 Å². The summed E-state index contributed by atoms with van der Waals surface area (Å²) in [5, 5.41) is 15.7. The lowest BCUT2D eigenvalue weighted by Crippen LogP contribution is -2.55. The van der Waals surface area contributed by atoms with Crippen LogP contribution in [0.3, 0.4) is 0 Å². The summed E-state index contributed by atoms with van der Waals surface area (Å²) < 4.78 is 5.40. The molecule has 0 fully saturated rings. The molecule has 3 amide bonds. The summed E-state index contributed by atoms with van der Waals surface area (Å²) in [4.78, 5) is 41.4. The third-order valence-electron chi connectivity index (χ3n) is 5.43. The Balaban J connectivity index is 3.49. The predicted molar refractivity (Wildman–Crippen MR) is 133 cm³/mol. The second-order valence-corrected chi connectivity index (χ2v) is 10.2. The first-order chi connectivity index (χ1) is 15.7. The van der Waals surface area contributed by atoms with Gasteiger partial charge >= 0.3 is 6.09 Å². The summed E-state index contributed by atoms with van der Waals surface area (Å²) in [6.45, 7) is 16.8. The number of nitrogens with one attached hydrogen (secondary N) is 2. The number of carbonyl (C=O) groups excluding carboxylic acids is 3. The van der Waals surface area contributed by atoms with Crippen LogP contribution < -0.4 is 10.6 Å². The van der Waals surface area contributed by atoms with Gasteiger partial charge in [0.2, 0.25) is 11.8 Å². The number of hydrogen-bond acceptors (Lipinski definition) is 5. The van der Waals surface area contributed by atoms with Crippen molar-refractivity contribution < 1.29 is 24.2 Å². The number of phenolic OH excluding ortho intramolecular Hbond substituents is 1. The van der Waals surface area contributed by atoms with Crippen molar-refractivity contribution in [1.29, 1.82) is 0 Å². The lowest BCUT2D eigenvalue weighted by molar-refractivity contribution is -0.143. The molecule has 0 bridgehead atoms. The van der Waals surface area contributed by atoms with E-state index in [9.17, 15) is 19.5 Å². The molecule has 0 saturated carbocycles. The number of benzene rings is 1. The number of ether oxygens (including phenoxy) is 1. The molecule has 1 rings (SSSR count). The van der Waals surface area contributed by atoms with Crippen molar-refractivity contribution in [2.24, 2.45) is 5.92 Å². The Labute approximate surface area is 204 Å². The molecule has 0 heterocycles. The van der Waals surface area contributed by atoms with Crippen molar-refractivity contribution in [3.63, 3.8) is 0 Å². The van der Waals surface area contributed by atoms with E-state index in [4.69, 9.17) is 4.74 Å². The van der Waals surface area contributed by atoms with Crippen molar-refractivity contribution in [2.75, 3.05) is 6.54 Å². The minimum absolute atomic E-state index is 0.115. The van der Waals surface area contributed by atoms with E-state index in [0.29, 0.717) is 30.5 Å². The Hall–Kier alpha value is -2.77. The van der Waals surface area contributed by atoms with Gasteiger partial charge in [0.05, 0.1) is 0 Å². The molecule has 0 aliphatic rings. The average Bonchev–Trinajstić information content (AvgIpc) is 2.71. The Morgan fingerprint density at radius 3 is 2.18 bits per heavy atom. The Kier molecular flexibility index (Phi) is 10.9. The monoisotopic (exact) mass is 477 g/mol. The third-order valence-corrected chi connectivity index (χ3v) is 5.43. The first kappa shape index (κ1) is 29.3. The minimum atomic E-state index is -0.916. The summed E-state index contributed by atoms with van der Waals surface area (Å²) in [5.41, 5.74) is 0.490. The molecule has 0 saturated heterocycles. The zero-order chi connectivity index (χ0) is 26.2. The highest BCUT2D eigenvalue weighted by Gasteiger charge is 2.38. The van der Waals surface area contributed by atoms with Crippen LogP contribution in [0.5, 0.6) is 5.75 Å².